The summed E-state index contributed by atoms with van der Waals surface area (Å²) in [6, 6.07) is 7.53. The van der Waals surface area contributed by atoms with Crippen LogP contribution >= 0.6 is 0 Å². The molecule has 0 radical (unpaired) electrons. The maximum absolute atomic E-state index is 11.8. The quantitative estimate of drug-likeness (QED) is 0.931. The van der Waals surface area contributed by atoms with Gasteiger partial charge in [0.05, 0.1) is 5.25 Å². The van der Waals surface area contributed by atoms with E-state index in [0.29, 0.717) is 5.89 Å². The van der Waals surface area contributed by atoms with E-state index in [0.717, 1.165) is 30.5 Å². The summed E-state index contributed by atoms with van der Waals surface area (Å²) >= 11 is 0. The molecule has 1 aromatic carbocycles. The standard InChI is InChI=1S/C14H17N3O3S/c1-21(18,19)13-4-2-3-12(13)16-11-7-5-10(6-8-11)14-17-15-9-20-14/h5-9,12-13,16H,2-4H2,1H3. The van der Waals surface area contributed by atoms with E-state index < -0.39 is 9.84 Å². The zero-order chi connectivity index (χ0) is 14.9. The van der Waals surface area contributed by atoms with Crippen LogP contribution in [0.3, 0.4) is 0 Å². The fraction of sp³-hybridized carbons (Fsp3) is 0.429. The lowest BCUT2D eigenvalue weighted by atomic mass is 10.2. The molecular weight excluding hydrogens is 290 g/mol. The molecular formula is C14H17N3O3S. The number of anilines is 1. The number of hydrogen-bond acceptors (Lipinski definition) is 6. The third-order valence-corrected chi connectivity index (χ3v) is 5.51. The van der Waals surface area contributed by atoms with Crippen LogP contribution < -0.4 is 5.32 Å². The second-order valence-electron chi connectivity index (χ2n) is 5.37. The Bertz CT molecular complexity index is 696. The van der Waals surface area contributed by atoms with Crippen LogP contribution in [0, 0.1) is 0 Å². The van der Waals surface area contributed by atoms with Gasteiger partial charge in [-0.15, -0.1) is 10.2 Å². The Balaban J connectivity index is 1.73. The number of aromatic nitrogens is 2. The second-order valence-corrected chi connectivity index (χ2v) is 7.64. The summed E-state index contributed by atoms with van der Waals surface area (Å²) in [6.45, 7) is 0. The van der Waals surface area contributed by atoms with Gasteiger partial charge in [-0.05, 0) is 43.5 Å². The Hall–Kier alpha value is -1.89. The summed E-state index contributed by atoms with van der Waals surface area (Å²) in [5, 5.41) is 10.5. The minimum absolute atomic E-state index is 0.0192. The third-order valence-electron chi connectivity index (χ3n) is 3.85. The van der Waals surface area contributed by atoms with Crippen LogP contribution in [0.5, 0.6) is 0 Å². The molecule has 0 amide bonds. The molecule has 1 fully saturated rings. The summed E-state index contributed by atoms with van der Waals surface area (Å²) in [5.74, 6) is 0.469. The van der Waals surface area contributed by atoms with Gasteiger partial charge in [-0.25, -0.2) is 8.42 Å². The molecule has 2 aromatic rings. The topological polar surface area (TPSA) is 85.1 Å². The first kappa shape index (κ1) is 14.1. The molecule has 2 atom stereocenters. The van der Waals surface area contributed by atoms with Crippen molar-refractivity contribution in [3.05, 3.63) is 30.7 Å². The van der Waals surface area contributed by atoms with E-state index >= 15 is 0 Å². The largest absolute Gasteiger partial charge is 0.423 e. The maximum Gasteiger partial charge on any atom is 0.247 e. The molecule has 0 bridgehead atoms. The number of nitrogens with zero attached hydrogens (tertiary/aromatic N) is 2. The number of hydrogen-bond donors (Lipinski definition) is 1. The number of sulfone groups is 1. The molecule has 6 nitrogen and oxygen atoms in total. The minimum Gasteiger partial charge on any atom is -0.423 e. The predicted octanol–water partition coefficient (Wildman–Crippen LogP) is 2.11. The maximum atomic E-state index is 11.8. The molecule has 1 N–H and O–H groups in total. The van der Waals surface area contributed by atoms with Gasteiger partial charge in [-0.2, -0.15) is 0 Å². The highest BCUT2D eigenvalue weighted by Gasteiger charge is 2.34. The Morgan fingerprint density at radius 2 is 2.00 bits per heavy atom. The van der Waals surface area contributed by atoms with Crippen LogP contribution in [0.25, 0.3) is 11.5 Å². The van der Waals surface area contributed by atoms with Gasteiger partial charge in [-0.1, -0.05) is 0 Å². The molecule has 1 saturated carbocycles. The van der Waals surface area contributed by atoms with Gasteiger partial charge in [0.25, 0.3) is 0 Å². The summed E-state index contributed by atoms with van der Waals surface area (Å²) in [6.07, 6.45) is 5.16. The summed E-state index contributed by atoms with van der Waals surface area (Å²) < 4.78 is 28.7. The molecule has 21 heavy (non-hydrogen) atoms. The molecule has 3 rings (SSSR count). The van der Waals surface area contributed by atoms with Crippen molar-refractivity contribution in [1.29, 1.82) is 0 Å². The van der Waals surface area contributed by atoms with Crippen molar-refractivity contribution in [2.75, 3.05) is 11.6 Å². The highest BCUT2D eigenvalue weighted by molar-refractivity contribution is 7.91. The normalized spacial score (nSPS) is 22.3. The van der Waals surface area contributed by atoms with Gasteiger partial charge in [0.1, 0.15) is 0 Å². The van der Waals surface area contributed by atoms with Crippen LogP contribution in [-0.4, -0.2) is 36.2 Å². The third kappa shape index (κ3) is 3.07. The van der Waals surface area contributed by atoms with Crippen LogP contribution in [0.2, 0.25) is 0 Å². The Morgan fingerprint density at radius 1 is 1.24 bits per heavy atom. The van der Waals surface area contributed by atoms with E-state index in [1.165, 1.54) is 12.6 Å². The van der Waals surface area contributed by atoms with Crippen molar-refractivity contribution in [3.8, 4) is 11.5 Å². The van der Waals surface area contributed by atoms with E-state index in [1.807, 2.05) is 24.3 Å². The lowest BCUT2D eigenvalue weighted by molar-refractivity contribution is 0.568. The van der Waals surface area contributed by atoms with Crippen LogP contribution in [0.4, 0.5) is 5.69 Å². The molecule has 112 valence electrons. The smallest absolute Gasteiger partial charge is 0.247 e. The van der Waals surface area contributed by atoms with Gasteiger partial charge in [0, 0.05) is 23.5 Å². The molecule has 0 spiro atoms. The highest BCUT2D eigenvalue weighted by atomic mass is 32.2. The molecule has 0 aliphatic heterocycles. The summed E-state index contributed by atoms with van der Waals surface area (Å²) in [5.41, 5.74) is 1.74. The lowest BCUT2D eigenvalue weighted by Crippen LogP contribution is -2.34. The fourth-order valence-electron chi connectivity index (χ4n) is 2.83. The van der Waals surface area contributed by atoms with Gasteiger partial charge in [0.2, 0.25) is 12.3 Å². The van der Waals surface area contributed by atoms with Crippen molar-refractivity contribution < 1.29 is 12.8 Å². The van der Waals surface area contributed by atoms with E-state index in [9.17, 15) is 8.42 Å². The van der Waals surface area contributed by atoms with Gasteiger partial charge in [-0.3, -0.25) is 0 Å². The molecule has 0 saturated heterocycles. The van der Waals surface area contributed by atoms with E-state index in [-0.39, 0.29) is 11.3 Å². The SMILES string of the molecule is CS(=O)(=O)C1CCCC1Nc1ccc(-c2nnco2)cc1. The van der Waals surface area contributed by atoms with Crippen molar-refractivity contribution in [3.63, 3.8) is 0 Å². The van der Waals surface area contributed by atoms with Gasteiger partial charge >= 0.3 is 0 Å². The fourth-order valence-corrected chi connectivity index (χ4v) is 4.22. The summed E-state index contributed by atoms with van der Waals surface area (Å²) in [4.78, 5) is 0. The van der Waals surface area contributed by atoms with Crippen LogP contribution in [0.15, 0.2) is 35.1 Å². The van der Waals surface area contributed by atoms with E-state index in [2.05, 4.69) is 15.5 Å². The minimum atomic E-state index is -3.01. The molecule has 1 aliphatic carbocycles. The van der Waals surface area contributed by atoms with Crippen molar-refractivity contribution in [2.24, 2.45) is 0 Å². The average Bonchev–Trinajstić information content (AvgIpc) is 3.09. The monoisotopic (exact) mass is 307 g/mol. The zero-order valence-electron chi connectivity index (χ0n) is 11.7. The number of nitrogens with one attached hydrogen (secondary N) is 1. The molecule has 2 unspecified atom stereocenters. The van der Waals surface area contributed by atoms with Crippen LogP contribution in [-0.2, 0) is 9.84 Å². The summed E-state index contributed by atoms with van der Waals surface area (Å²) in [7, 11) is -3.01. The molecule has 7 heteroatoms. The van der Waals surface area contributed by atoms with Crippen LogP contribution in [0.1, 0.15) is 19.3 Å². The van der Waals surface area contributed by atoms with Gasteiger partial charge in [0.15, 0.2) is 9.84 Å². The highest BCUT2D eigenvalue weighted by Crippen LogP contribution is 2.28. The predicted molar refractivity (Wildman–Crippen MR) is 79.6 cm³/mol. The van der Waals surface area contributed by atoms with Crippen molar-refractivity contribution in [1.82, 2.24) is 10.2 Å². The second kappa shape index (κ2) is 5.48. The van der Waals surface area contributed by atoms with Gasteiger partial charge < -0.3 is 9.73 Å². The number of benzene rings is 1. The van der Waals surface area contributed by atoms with E-state index in [4.69, 9.17) is 4.42 Å². The average molecular weight is 307 g/mol. The first-order chi connectivity index (χ1) is 10.0. The first-order valence-corrected chi connectivity index (χ1v) is 8.81. The molecule has 1 aromatic heterocycles. The Labute approximate surface area is 123 Å². The van der Waals surface area contributed by atoms with E-state index in [1.54, 1.807) is 0 Å². The Morgan fingerprint density at radius 3 is 2.62 bits per heavy atom. The molecule has 1 aliphatic rings. The van der Waals surface area contributed by atoms with Crippen molar-refractivity contribution >= 4 is 15.5 Å². The van der Waals surface area contributed by atoms with Crippen molar-refractivity contribution in [2.45, 2.75) is 30.6 Å². The first-order valence-electron chi connectivity index (χ1n) is 6.86. The Kier molecular flexibility index (Phi) is 3.67. The number of rotatable bonds is 4. The zero-order valence-corrected chi connectivity index (χ0v) is 12.5. The lowest BCUT2D eigenvalue weighted by Gasteiger charge is -2.20. The molecule has 1 heterocycles.